The first kappa shape index (κ1) is 14.8. The summed E-state index contributed by atoms with van der Waals surface area (Å²) in [6.45, 7) is 2.47. The summed E-state index contributed by atoms with van der Waals surface area (Å²) < 4.78 is 0.216. The SMILES string of the molecule is CCCN(CC(=O)N(C)C)C(=O)c1nnc(Cl)s1. The molecule has 1 aromatic rings. The molecule has 0 bridgehead atoms. The standard InChI is InChI=1S/C10H15ClN4O2S/c1-4-5-15(6-7(16)14(2)3)9(17)8-12-13-10(11)18-8/h4-6H2,1-3H3. The monoisotopic (exact) mass is 290 g/mol. The lowest BCUT2D eigenvalue weighted by atomic mass is 10.3. The van der Waals surface area contributed by atoms with E-state index in [0.717, 1.165) is 17.8 Å². The Kier molecular flexibility index (Phi) is 5.49. The summed E-state index contributed by atoms with van der Waals surface area (Å²) in [7, 11) is 3.30. The Morgan fingerprint density at radius 3 is 2.44 bits per heavy atom. The highest BCUT2D eigenvalue weighted by Gasteiger charge is 2.22. The van der Waals surface area contributed by atoms with Crippen molar-refractivity contribution < 1.29 is 9.59 Å². The number of halogens is 1. The molecular weight excluding hydrogens is 276 g/mol. The van der Waals surface area contributed by atoms with Gasteiger partial charge in [0, 0.05) is 20.6 Å². The fourth-order valence-electron chi connectivity index (χ4n) is 1.25. The number of nitrogens with zero attached hydrogens (tertiary/aromatic N) is 4. The number of rotatable bonds is 5. The van der Waals surface area contributed by atoms with Gasteiger partial charge in [0.1, 0.15) is 6.54 Å². The zero-order valence-electron chi connectivity index (χ0n) is 10.5. The van der Waals surface area contributed by atoms with Crippen LogP contribution in [0.3, 0.4) is 0 Å². The minimum absolute atomic E-state index is 0.0386. The van der Waals surface area contributed by atoms with Crippen molar-refractivity contribution in [1.82, 2.24) is 20.0 Å². The average Bonchev–Trinajstić information content (AvgIpc) is 2.74. The van der Waals surface area contributed by atoms with Crippen LogP contribution < -0.4 is 0 Å². The van der Waals surface area contributed by atoms with Crippen molar-refractivity contribution in [2.75, 3.05) is 27.2 Å². The van der Waals surface area contributed by atoms with Gasteiger partial charge in [-0.15, -0.1) is 10.2 Å². The van der Waals surface area contributed by atoms with Crippen LogP contribution in [0.5, 0.6) is 0 Å². The molecule has 0 spiro atoms. The van der Waals surface area contributed by atoms with Crippen molar-refractivity contribution in [2.45, 2.75) is 13.3 Å². The Labute approximate surface area is 115 Å². The molecule has 0 saturated carbocycles. The molecule has 1 rings (SSSR count). The van der Waals surface area contributed by atoms with E-state index in [1.54, 1.807) is 14.1 Å². The molecule has 1 aromatic heterocycles. The molecule has 0 N–H and O–H groups in total. The second-order valence-electron chi connectivity index (χ2n) is 3.88. The van der Waals surface area contributed by atoms with Crippen molar-refractivity contribution in [3.63, 3.8) is 0 Å². The van der Waals surface area contributed by atoms with Gasteiger partial charge >= 0.3 is 0 Å². The van der Waals surface area contributed by atoms with Gasteiger partial charge < -0.3 is 9.80 Å². The summed E-state index contributed by atoms with van der Waals surface area (Å²) in [5.41, 5.74) is 0. The van der Waals surface area contributed by atoms with E-state index in [2.05, 4.69) is 10.2 Å². The van der Waals surface area contributed by atoms with Crippen LogP contribution in [0.2, 0.25) is 4.47 Å². The molecule has 0 aliphatic rings. The molecule has 0 atom stereocenters. The summed E-state index contributed by atoms with van der Waals surface area (Å²) in [6, 6.07) is 0. The van der Waals surface area contributed by atoms with Gasteiger partial charge in [-0.2, -0.15) is 0 Å². The van der Waals surface area contributed by atoms with Crippen LogP contribution in [0.25, 0.3) is 0 Å². The van der Waals surface area contributed by atoms with Crippen molar-refractivity contribution in [1.29, 1.82) is 0 Å². The Morgan fingerprint density at radius 2 is 2.00 bits per heavy atom. The number of hydrogen-bond acceptors (Lipinski definition) is 5. The van der Waals surface area contributed by atoms with Gasteiger partial charge in [0.25, 0.3) is 5.91 Å². The lowest BCUT2D eigenvalue weighted by Gasteiger charge is -2.22. The van der Waals surface area contributed by atoms with Gasteiger partial charge in [-0.25, -0.2) is 0 Å². The average molecular weight is 291 g/mol. The van der Waals surface area contributed by atoms with Crippen LogP contribution in [-0.2, 0) is 4.79 Å². The topological polar surface area (TPSA) is 66.4 Å². The summed E-state index contributed by atoms with van der Waals surface area (Å²) >= 11 is 6.65. The van der Waals surface area contributed by atoms with E-state index in [1.807, 2.05) is 6.92 Å². The lowest BCUT2D eigenvalue weighted by Crippen LogP contribution is -2.40. The predicted octanol–water partition coefficient (Wildman–Crippen LogP) is 1.13. The maximum Gasteiger partial charge on any atom is 0.285 e. The quantitative estimate of drug-likeness (QED) is 0.815. The van der Waals surface area contributed by atoms with Crippen molar-refractivity contribution >= 4 is 34.8 Å². The van der Waals surface area contributed by atoms with E-state index < -0.39 is 0 Å². The minimum atomic E-state index is -0.309. The van der Waals surface area contributed by atoms with Crippen LogP contribution in [-0.4, -0.2) is 59.0 Å². The molecule has 6 nitrogen and oxygen atoms in total. The normalized spacial score (nSPS) is 10.2. The van der Waals surface area contributed by atoms with Gasteiger partial charge in [-0.05, 0) is 18.0 Å². The van der Waals surface area contributed by atoms with Gasteiger partial charge in [-0.3, -0.25) is 9.59 Å². The van der Waals surface area contributed by atoms with Crippen molar-refractivity contribution in [3.05, 3.63) is 9.47 Å². The number of aromatic nitrogens is 2. The number of likely N-dealkylation sites (N-methyl/N-ethyl adjacent to an activating group) is 1. The highest BCUT2D eigenvalue weighted by molar-refractivity contribution is 7.17. The number of amides is 2. The molecule has 0 radical (unpaired) electrons. The van der Waals surface area contributed by atoms with Crippen LogP contribution >= 0.6 is 22.9 Å². The molecule has 1 heterocycles. The third-order valence-corrected chi connectivity index (χ3v) is 3.20. The van der Waals surface area contributed by atoms with Gasteiger partial charge in [0.2, 0.25) is 15.4 Å². The number of hydrogen-bond donors (Lipinski definition) is 0. The molecule has 18 heavy (non-hydrogen) atoms. The first-order valence-corrected chi connectivity index (χ1v) is 6.63. The maximum atomic E-state index is 12.1. The highest BCUT2D eigenvalue weighted by atomic mass is 35.5. The molecule has 0 aliphatic heterocycles. The van der Waals surface area contributed by atoms with Gasteiger partial charge in [-0.1, -0.05) is 18.3 Å². The van der Waals surface area contributed by atoms with E-state index in [0.29, 0.717) is 6.54 Å². The molecule has 2 amide bonds. The van der Waals surface area contributed by atoms with Crippen LogP contribution in [0.4, 0.5) is 0 Å². The Morgan fingerprint density at radius 1 is 1.33 bits per heavy atom. The van der Waals surface area contributed by atoms with E-state index >= 15 is 0 Å². The summed E-state index contributed by atoms with van der Waals surface area (Å²) in [5.74, 6) is -0.441. The Bertz CT molecular complexity index is 435. The van der Waals surface area contributed by atoms with Crippen LogP contribution in [0.15, 0.2) is 0 Å². The molecule has 8 heteroatoms. The smallest absolute Gasteiger partial charge is 0.285 e. The van der Waals surface area contributed by atoms with Crippen molar-refractivity contribution in [2.24, 2.45) is 0 Å². The fraction of sp³-hybridized carbons (Fsp3) is 0.600. The number of carbonyl (C=O) groups is 2. The predicted molar refractivity (Wildman–Crippen MR) is 69.8 cm³/mol. The zero-order valence-corrected chi connectivity index (χ0v) is 12.1. The number of carbonyl (C=O) groups excluding carboxylic acids is 2. The van der Waals surface area contributed by atoms with E-state index in [4.69, 9.17) is 11.6 Å². The summed E-state index contributed by atoms with van der Waals surface area (Å²) in [5, 5.41) is 7.49. The third-order valence-electron chi connectivity index (χ3n) is 2.19. The Hall–Kier alpha value is -1.21. The molecule has 0 saturated heterocycles. The largest absolute Gasteiger partial charge is 0.347 e. The molecule has 100 valence electrons. The van der Waals surface area contributed by atoms with E-state index in [1.165, 1.54) is 9.80 Å². The van der Waals surface area contributed by atoms with Crippen molar-refractivity contribution in [3.8, 4) is 0 Å². The summed E-state index contributed by atoms with van der Waals surface area (Å²) in [4.78, 5) is 26.7. The zero-order chi connectivity index (χ0) is 13.7. The molecule has 0 unspecified atom stereocenters. The molecule has 0 aliphatic carbocycles. The first-order chi connectivity index (χ1) is 8.45. The van der Waals surface area contributed by atoms with Gasteiger partial charge in [0.15, 0.2) is 0 Å². The van der Waals surface area contributed by atoms with Crippen LogP contribution in [0, 0.1) is 0 Å². The van der Waals surface area contributed by atoms with Gasteiger partial charge in [0.05, 0.1) is 0 Å². The summed E-state index contributed by atoms with van der Waals surface area (Å²) in [6.07, 6.45) is 0.763. The second kappa shape index (κ2) is 6.65. The minimum Gasteiger partial charge on any atom is -0.347 e. The second-order valence-corrected chi connectivity index (χ2v) is 5.43. The highest BCUT2D eigenvalue weighted by Crippen LogP contribution is 2.16. The Balaban J connectivity index is 2.78. The fourth-order valence-corrected chi connectivity index (χ4v) is 2.05. The third kappa shape index (κ3) is 3.92. The molecular formula is C10H15ClN4O2S. The maximum absolute atomic E-state index is 12.1. The van der Waals surface area contributed by atoms with Crippen LogP contribution in [0.1, 0.15) is 23.1 Å². The molecule has 0 fully saturated rings. The van der Waals surface area contributed by atoms with E-state index in [9.17, 15) is 9.59 Å². The molecule has 0 aromatic carbocycles. The first-order valence-electron chi connectivity index (χ1n) is 5.44. The lowest BCUT2D eigenvalue weighted by molar-refractivity contribution is -0.129. The van der Waals surface area contributed by atoms with E-state index in [-0.39, 0.29) is 27.8 Å².